The molecule has 52 heavy (non-hydrogen) atoms. The smallest absolute Gasteiger partial charge is 0.0620 e. The molecule has 2 heteroatoms. The molecule has 8 aromatic rings. The van der Waals surface area contributed by atoms with Crippen LogP contribution in [0.1, 0.15) is 5.56 Å². The van der Waals surface area contributed by atoms with E-state index in [1.807, 2.05) is 42.5 Å². The minimum atomic E-state index is 0.798. The van der Waals surface area contributed by atoms with Crippen molar-refractivity contribution in [3.63, 3.8) is 0 Å². The summed E-state index contributed by atoms with van der Waals surface area (Å²) in [5.74, 6) is 0. The van der Waals surface area contributed by atoms with Gasteiger partial charge in [0.1, 0.15) is 0 Å². The van der Waals surface area contributed by atoms with Crippen molar-refractivity contribution in [2.45, 2.75) is 0 Å². The molecule has 0 heterocycles. The van der Waals surface area contributed by atoms with E-state index in [-0.39, 0.29) is 0 Å². The molecule has 8 aromatic carbocycles. The van der Waals surface area contributed by atoms with Crippen LogP contribution < -0.4 is 10.6 Å². The minimum Gasteiger partial charge on any atom is -0.398 e. The van der Waals surface area contributed by atoms with E-state index in [2.05, 4.69) is 181 Å². The van der Waals surface area contributed by atoms with Crippen molar-refractivity contribution in [2.75, 3.05) is 10.6 Å². The van der Waals surface area contributed by atoms with Gasteiger partial charge < -0.3 is 10.6 Å². The Bertz CT molecular complexity index is 2410. The molecule has 0 atom stereocenters. The predicted octanol–water partition coefficient (Wildman–Crippen LogP) is 13.8. The highest BCUT2D eigenvalue weighted by Gasteiger charge is 2.21. The first-order valence-electron chi connectivity index (χ1n) is 17.5. The zero-order chi connectivity index (χ0) is 35.5. The summed E-state index contributed by atoms with van der Waals surface area (Å²) in [6.07, 6.45) is 9.67. The molecule has 0 amide bonds. The summed E-state index contributed by atoms with van der Waals surface area (Å²) < 4.78 is 0. The molecular formula is C50H40N2. The van der Waals surface area contributed by atoms with Crippen LogP contribution in [0.25, 0.3) is 49.9 Å². The molecule has 0 aliphatic carbocycles. The summed E-state index contributed by atoms with van der Waals surface area (Å²) in [6, 6.07) is 65.7. The molecule has 0 aliphatic rings. The lowest BCUT2D eigenvalue weighted by atomic mass is 9.92. The van der Waals surface area contributed by atoms with Crippen molar-refractivity contribution in [3.05, 3.63) is 225 Å². The summed E-state index contributed by atoms with van der Waals surface area (Å²) in [7, 11) is 0. The molecule has 0 aromatic heterocycles. The Balaban J connectivity index is 0.000000300. The minimum absolute atomic E-state index is 0.798. The Labute approximate surface area is 306 Å². The highest BCUT2D eigenvalue weighted by atomic mass is 15.1. The van der Waals surface area contributed by atoms with Gasteiger partial charge in [0.15, 0.2) is 0 Å². The number of para-hydroxylation sites is 2. The van der Waals surface area contributed by atoms with Crippen LogP contribution in [0.15, 0.2) is 219 Å². The monoisotopic (exact) mass is 668 g/mol. The maximum absolute atomic E-state index is 7.02. The van der Waals surface area contributed by atoms with Crippen LogP contribution in [0.3, 0.4) is 0 Å². The molecule has 8 rings (SSSR count). The van der Waals surface area contributed by atoms with Gasteiger partial charge in [-0.15, -0.1) is 0 Å². The predicted molar refractivity (Wildman–Crippen MR) is 226 cm³/mol. The van der Waals surface area contributed by atoms with Crippen molar-refractivity contribution in [1.82, 2.24) is 0 Å². The van der Waals surface area contributed by atoms with Crippen LogP contribution in [-0.4, -0.2) is 0 Å². The normalized spacial score (nSPS) is 11.1. The third kappa shape index (κ3) is 7.47. The fourth-order valence-corrected chi connectivity index (χ4v) is 6.53. The van der Waals surface area contributed by atoms with Gasteiger partial charge in [0.05, 0.1) is 5.69 Å². The number of nitrogens with zero attached hydrogens (tertiary/aromatic N) is 1. The van der Waals surface area contributed by atoms with E-state index in [0.717, 1.165) is 55.4 Å². The lowest BCUT2D eigenvalue weighted by molar-refractivity contribution is 1.31. The zero-order valence-corrected chi connectivity index (χ0v) is 29.0. The molecular weight excluding hydrogens is 629 g/mol. The number of nitrogens with two attached hydrogens (primary N) is 1. The lowest BCUT2D eigenvalue weighted by Gasteiger charge is -2.29. The van der Waals surface area contributed by atoms with Gasteiger partial charge >= 0.3 is 0 Å². The lowest BCUT2D eigenvalue weighted by Crippen LogP contribution is -2.11. The van der Waals surface area contributed by atoms with E-state index < -0.39 is 0 Å². The molecule has 0 radical (unpaired) electrons. The fourth-order valence-electron chi connectivity index (χ4n) is 6.53. The van der Waals surface area contributed by atoms with Crippen LogP contribution in [0.2, 0.25) is 0 Å². The van der Waals surface area contributed by atoms with E-state index in [9.17, 15) is 0 Å². The highest BCUT2D eigenvalue weighted by molar-refractivity contribution is 6.22. The molecule has 250 valence electrons. The second-order valence-corrected chi connectivity index (χ2v) is 12.4. The van der Waals surface area contributed by atoms with Crippen LogP contribution in [0.5, 0.6) is 0 Å². The van der Waals surface area contributed by atoms with Gasteiger partial charge in [-0.25, -0.2) is 0 Å². The Morgan fingerprint density at radius 1 is 0.404 bits per heavy atom. The second-order valence-electron chi connectivity index (χ2n) is 12.4. The Hall–Kier alpha value is -6.90. The summed E-state index contributed by atoms with van der Waals surface area (Å²) >= 11 is 0. The fraction of sp³-hybridized carbons (Fsp3) is 0. The number of benzene rings is 8. The molecule has 0 spiro atoms. The average molecular weight is 669 g/mol. The standard InChI is InChI=1S/C38H28N2.C12H12/c39-37-33-23-21-30(28-15-7-2-8-16-28)26-36(33)38(34-24-22-29(25-35(34)37)27-13-5-1-6-14-27)40(31-17-9-3-10-18-31)32-19-11-4-12-20-32;1-2-3-4-6-9-12-10-7-5-8-11-12/h1-26H,39H2;2-11H,1H2/b;4-3-,9-6-. The summed E-state index contributed by atoms with van der Waals surface area (Å²) in [4.78, 5) is 2.36. The van der Waals surface area contributed by atoms with Gasteiger partial charge in [-0.05, 0) is 64.2 Å². The number of allylic oxidation sites excluding steroid dienone is 4. The molecule has 0 aliphatic heterocycles. The second kappa shape index (κ2) is 16.2. The molecule has 0 bridgehead atoms. The number of hydrogen-bond donors (Lipinski definition) is 1. The first-order valence-corrected chi connectivity index (χ1v) is 17.5. The quantitative estimate of drug-likeness (QED) is 0.0756. The largest absolute Gasteiger partial charge is 0.398 e. The number of nitrogen functional groups attached to an aromatic ring is 1. The first-order chi connectivity index (χ1) is 25.7. The first kappa shape index (κ1) is 33.6. The van der Waals surface area contributed by atoms with E-state index >= 15 is 0 Å². The highest BCUT2D eigenvalue weighted by Crippen LogP contribution is 2.47. The maximum atomic E-state index is 7.02. The molecule has 0 unspecified atom stereocenters. The van der Waals surface area contributed by atoms with Gasteiger partial charge in [0.25, 0.3) is 0 Å². The van der Waals surface area contributed by atoms with Crippen LogP contribution >= 0.6 is 0 Å². The molecule has 0 saturated heterocycles. The van der Waals surface area contributed by atoms with Crippen LogP contribution in [0.4, 0.5) is 22.7 Å². The van der Waals surface area contributed by atoms with Gasteiger partial charge in [-0.1, -0.05) is 189 Å². The van der Waals surface area contributed by atoms with E-state index in [1.54, 1.807) is 6.08 Å². The molecule has 2 N–H and O–H groups in total. The number of rotatable bonds is 8. The Kier molecular flexibility index (Phi) is 10.5. The molecule has 0 fully saturated rings. The van der Waals surface area contributed by atoms with Gasteiger partial charge in [-0.3, -0.25) is 0 Å². The molecule has 2 nitrogen and oxygen atoms in total. The number of fused-ring (bicyclic) bond motifs is 2. The zero-order valence-electron chi connectivity index (χ0n) is 29.0. The van der Waals surface area contributed by atoms with Crippen molar-refractivity contribution in [3.8, 4) is 22.3 Å². The maximum Gasteiger partial charge on any atom is 0.0620 e. The molecule has 0 saturated carbocycles. The summed E-state index contributed by atoms with van der Waals surface area (Å²) in [5.41, 5.74) is 17.0. The number of anilines is 4. The summed E-state index contributed by atoms with van der Waals surface area (Å²) in [5, 5.41) is 4.33. The summed E-state index contributed by atoms with van der Waals surface area (Å²) in [6.45, 7) is 3.58. The van der Waals surface area contributed by atoms with E-state index in [0.29, 0.717) is 0 Å². The third-order valence-electron chi connectivity index (χ3n) is 9.04. The topological polar surface area (TPSA) is 29.3 Å². The van der Waals surface area contributed by atoms with Crippen LogP contribution in [0, 0.1) is 0 Å². The van der Waals surface area contributed by atoms with E-state index in [1.165, 1.54) is 16.7 Å². The van der Waals surface area contributed by atoms with Gasteiger partial charge in [0.2, 0.25) is 0 Å². The van der Waals surface area contributed by atoms with E-state index in [4.69, 9.17) is 5.73 Å². The average Bonchev–Trinajstić information content (AvgIpc) is 3.22. The van der Waals surface area contributed by atoms with Crippen molar-refractivity contribution < 1.29 is 0 Å². The van der Waals surface area contributed by atoms with Gasteiger partial charge in [-0.2, -0.15) is 0 Å². The van der Waals surface area contributed by atoms with Gasteiger partial charge in [0, 0.05) is 38.6 Å². The van der Waals surface area contributed by atoms with Crippen molar-refractivity contribution in [1.29, 1.82) is 0 Å². The van der Waals surface area contributed by atoms with Crippen LogP contribution in [-0.2, 0) is 0 Å². The third-order valence-corrected chi connectivity index (χ3v) is 9.04. The van der Waals surface area contributed by atoms with Crippen molar-refractivity contribution in [2.24, 2.45) is 0 Å². The Morgan fingerprint density at radius 2 is 0.865 bits per heavy atom. The SMILES string of the molecule is C=C/C=C\C=C/c1ccccc1.Nc1c2cc(-c3ccccc3)ccc2c(N(c2ccccc2)c2ccccc2)c2cc(-c3ccccc3)ccc12. The van der Waals surface area contributed by atoms with Crippen molar-refractivity contribution >= 4 is 50.4 Å². The Morgan fingerprint density at radius 3 is 1.38 bits per heavy atom. The number of hydrogen-bond acceptors (Lipinski definition) is 2.